The predicted molar refractivity (Wildman–Crippen MR) is 100 cm³/mol. The first kappa shape index (κ1) is 18.7. The van der Waals surface area contributed by atoms with Gasteiger partial charge >= 0.3 is 0 Å². The molecule has 9 heteroatoms. The molecule has 0 aliphatic carbocycles. The van der Waals surface area contributed by atoms with Gasteiger partial charge < -0.3 is 4.90 Å². The van der Waals surface area contributed by atoms with Crippen molar-refractivity contribution in [3.8, 4) is 0 Å². The maximum absolute atomic E-state index is 13.2. The maximum atomic E-state index is 13.2. The average Bonchev–Trinajstić information content (AvgIpc) is 3.22. The van der Waals surface area contributed by atoms with E-state index in [4.69, 9.17) is 0 Å². The van der Waals surface area contributed by atoms with Crippen molar-refractivity contribution in [2.24, 2.45) is 0 Å². The molecule has 0 saturated heterocycles. The van der Waals surface area contributed by atoms with Crippen molar-refractivity contribution in [1.29, 1.82) is 0 Å². The number of thiophene rings is 1. The number of carbonyl (C=O) groups is 1. The summed E-state index contributed by atoms with van der Waals surface area (Å²) in [7, 11) is 1.76. The van der Waals surface area contributed by atoms with E-state index in [2.05, 4.69) is 31.5 Å². The maximum Gasteiger partial charge on any atom is 0.247 e. The van der Waals surface area contributed by atoms with Gasteiger partial charge in [0.05, 0.1) is 10.3 Å². The molecule has 3 rings (SSSR count). The molecule has 6 nitrogen and oxygen atoms in total. The second kappa shape index (κ2) is 8.05. The molecule has 1 amide bonds. The Bertz CT molecular complexity index is 895. The number of hydrogen-bond acceptors (Lipinski definition) is 5. The van der Waals surface area contributed by atoms with Crippen LogP contribution in [0.25, 0.3) is 0 Å². The smallest absolute Gasteiger partial charge is 0.247 e. The van der Waals surface area contributed by atoms with Crippen LogP contribution in [-0.2, 0) is 17.8 Å². The molecule has 1 unspecified atom stereocenters. The summed E-state index contributed by atoms with van der Waals surface area (Å²) >= 11 is 5.02. The van der Waals surface area contributed by atoms with Crippen molar-refractivity contribution in [3.05, 3.63) is 62.3 Å². The monoisotopic (exact) mass is 437 g/mol. The van der Waals surface area contributed by atoms with Gasteiger partial charge in [0.15, 0.2) is 0 Å². The highest BCUT2D eigenvalue weighted by Gasteiger charge is 2.27. The second-order valence-corrected chi connectivity index (χ2v) is 8.46. The Morgan fingerprint density at radius 3 is 2.62 bits per heavy atom. The summed E-state index contributed by atoms with van der Waals surface area (Å²) in [5, 5.41) is 11.5. The number of likely N-dealkylation sites (N-methyl/N-ethyl adjacent to an activating group) is 1. The highest BCUT2D eigenvalue weighted by molar-refractivity contribution is 9.11. The number of carbonyl (C=O) groups excluding carboxylic acids is 1. The molecule has 1 atom stereocenters. The van der Waals surface area contributed by atoms with Gasteiger partial charge in [-0.1, -0.05) is 12.1 Å². The highest BCUT2D eigenvalue weighted by Crippen LogP contribution is 2.24. The summed E-state index contributed by atoms with van der Waals surface area (Å²) in [5.74, 6) is 0.141. The van der Waals surface area contributed by atoms with E-state index in [1.165, 1.54) is 16.8 Å². The van der Waals surface area contributed by atoms with Gasteiger partial charge in [-0.2, -0.15) is 0 Å². The molecule has 2 heterocycles. The van der Waals surface area contributed by atoms with Crippen molar-refractivity contribution >= 4 is 33.2 Å². The second-order valence-electron chi connectivity index (χ2n) is 5.92. The van der Waals surface area contributed by atoms with E-state index in [1.807, 2.05) is 12.1 Å². The van der Waals surface area contributed by atoms with E-state index in [-0.39, 0.29) is 11.7 Å². The van der Waals surface area contributed by atoms with Gasteiger partial charge in [-0.25, -0.2) is 9.07 Å². The van der Waals surface area contributed by atoms with E-state index in [0.29, 0.717) is 18.8 Å². The summed E-state index contributed by atoms with van der Waals surface area (Å²) in [6, 6.07) is 9.46. The molecule has 0 spiro atoms. The third kappa shape index (κ3) is 4.34. The Morgan fingerprint density at radius 1 is 1.31 bits per heavy atom. The number of nitrogens with zero attached hydrogens (tertiary/aromatic N) is 5. The Hall–Kier alpha value is -2.13. The fourth-order valence-corrected chi connectivity index (χ4v) is 4.19. The minimum absolute atomic E-state index is 0.103. The highest BCUT2D eigenvalue weighted by atomic mass is 79.9. The summed E-state index contributed by atoms with van der Waals surface area (Å²) in [6.07, 6.45) is 0.378. The largest absolute Gasteiger partial charge is 0.339 e. The summed E-state index contributed by atoms with van der Waals surface area (Å²) in [5.41, 5.74) is 0.840. The van der Waals surface area contributed by atoms with E-state index < -0.39 is 6.04 Å². The van der Waals surface area contributed by atoms with Crippen LogP contribution in [-0.4, -0.2) is 38.1 Å². The van der Waals surface area contributed by atoms with Crippen LogP contribution in [0.5, 0.6) is 0 Å². The lowest BCUT2D eigenvalue weighted by atomic mass is 10.0. The minimum atomic E-state index is -0.594. The normalized spacial score (nSPS) is 12.2. The number of hydrogen-bond donors (Lipinski definition) is 0. The topological polar surface area (TPSA) is 63.9 Å². The molecule has 0 saturated carbocycles. The first-order valence-electron chi connectivity index (χ1n) is 7.92. The van der Waals surface area contributed by atoms with Gasteiger partial charge in [0.1, 0.15) is 17.7 Å². The number of halogens is 2. The minimum Gasteiger partial charge on any atom is -0.339 e. The molecule has 0 aliphatic heterocycles. The van der Waals surface area contributed by atoms with Gasteiger partial charge in [-0.15, -0.1) is 16.4 Å². The van der Waals surface area contributed by atoms with Crippen LogP contribution in [0.1, 0.15) is 22.3 Å². The molecule has 0 aliphatic rings. The molecule has 0 fully saturated rings. The number of tetrazole rings is 1. The zero-order valence-corrected chi connectivity index (χ0v) is 16.7. The lowest BCUT2D eigenvalue weighted by Crippen LogP contribution is -2.36. The van der Waals surface area contributed by atoms with Crippen molar-refractivity contribution in [3.63, 3.8) is 0 Å². The molecule has 1 aromatic carbocycles. The number of benzene rings is 1. The Labute approximate surface area is 162 Å². The zero-order chi connectivity index (χ0) is 18.7. The molecular weight excluding hydrogens is 421 g/mol. The number of amides is 1. The van der Waals surface area contributed by atoms with E-state index >= 15 is 0 Å². The Morgan fingerprint density at radius 2 is 2.04 bits per heavy atom. The van der Waals surface area contributed by atoms with Crippen molar-refractivity contribution in [2.75, 3.05) is 7.05 Å². The molecule has 0 radical (unpaired) electrons. The van der Waals surface area contributed by atoms with Gasteiger partial charge in [-0.3, -0.25) is 4.79 Å². The van der Waals surface area contributed by atoms with E-state index in [1.54, 1.807) is 42.3 Å². The van der Waals surface area contributed by atoms with E-state index in [9.17, 15) is 9.18 Å². The summed E-state index contributed by atoms with van der Waals surface area (Å²) in [4.78, 5) is 15.8. The number of aryl methyl sites for hydroxylation is 1. The van der Waals surface area contributed by atoms with Crippen molar-refractivity contribution < 1.29 is 9.18 Å². The number of aromatic nitrogens is 4. The zero-order valence-electron chi connectivity index (χ0n) is 14.3. The van der Waals surface area contributed by atoms with Gasteiger partial charge in [0.2, 0.25) is 5.91 Å². The van der Waals surface area contributed by atoms with Crippen LogP contribution in [0.3, 0.4) is 0 Å². The van der Waals surface area contributed by atoms with Crippen LogP contribution < -0.4 is 0 Å². The lowest BCUT2D eigenvalue weighted by Gasteiger charge is -2.24. The molecule has 2 aromatic heterocycles. The Balaban J connectivity index is 1.83. The predicted octanol–water partition coefficient (Wildman–Crippen LogP) is 3.39. The Kier molecular flexibility index (Phi) is 5.77. The molecule has 26 heavy (non-hydrogen) atoms. The quantitative estimate of drug-likeness (QED) is 0.592. The van der Waals surface area contributed by atoms with Crippen LogP contribution in [0.2, 0.25) is 0 Å². The third-order valence-electron chi connectivity index (χ3n) is 3.98. The van der Waals surface area contributed by atoms with Crippen LogP contribution >= 0.6 is 27.3 Å². The van der Waals surface area contributed by atoms with Gasteiger partial charge in [0.25, 0.3) is 0 Å². The molecular formula is C17H17BrFN5OS. The standard InChI is InChI=1S/C17H17BrFN5OS/c1-11-20-21-22-24(11)15(9-12-3-5-13(19)6-4-12)17(25)23(2)10-14-7-8-16(18)26-14/h3-8,15H,9-10H2,1-2H3. The van der Waals surface area contributed by atoms with Crippen LogP contribution in [0.4, 0.5) is 4.39 Å². The molecule has 136 valence electrons. The first-order valence-corrected chi connectivity index (χ1v) is 9.53. The van der Waals surface area contributed by atoms with Gasteiger partial charge in [0, 0.05) is 18.3 Å². The SMILES string of the molecule is Cc1nnnn1C(Cc1ccc(F)cc1)C(=O)N(C)Cc1ccc(Br)s1. The van der Waals surface area contributed by atoms with E-state index in [0.717, 1.165) is 14.2 Å². The van der Waals surface area contributed by atoms with Gasteiger partial charge in [-0.05, 0) is 63.1 Å². The average molecular weight is 438 g/mol. The summed E-state index contributed by atoms with van der Waals surface area (Å²) < 4.78 is 15.7. The fourth-order valence-electron chi connectivity index (χ4n) is 2.65. The van der Waals surface area contributed by atoms with Crippen LogP contribution in [0.15, 0.2) is 40.2 Å². The van der Waals surface area contributed by atoms with Crippen molar-refractivity contribution in [2.45, 2.75) is 25.9 Å². The number of rotatable bonds is 6. The molecule has 0 bridgehead atoms. The fraction of sp³-hybridized carbons (Fsp3) is 0.294. The third-order valence-corrected chi connectivity index (χ3v) is 5.59. The molecule has 0 N–H and O–H groups in total. The van der Waals surface area contributed by atoms with Crippen molar-refractivity contribution in [1.82, 2.24) is 25.1 Å². The summed E-state index contributed by atoms with van der Waals surface area (Å²) in [6.45, 7) is 2.25. The first-order chi connectivity index (χ1) is 12.4. The lowest BCUT2D eigenvalue weighted by molar-refractivity contribution is -0.134. The molecule has 3 aromatic rings. The van der Waals surface area contributed by atoms with Crippen LogP contribution in [0, 0.1) is 12.7 Å².